The highest BCUT2D eigenvalue weighted by Gasteiger charge is 2.26. The van der Waals surface area contributed by atoms with Gasteiger partial charge in [0.05, 0.1) is 28.7 Å². The lowest BCUT2D eigenvalue weighted by Crippen LogP contribution is -2.37. The maximum atomic E-state index is 13.1. The number of aryl methyl sites for hydroxylation is 2. The van der Waals surface area contributed by atoms with Gasteiger partial charge in [0.25, 0.3) is 0 Å². The summed E-state index contributed by atoms with van der Waals surface area (Å²) in [4.78, 5) is 17.3. The number of nitrogens with one attached hydrogen (secondary N) is 1. The lowest BCUT2D eigenvalue weighted by molar-refractivity contribution is -0.116. The van der Waals surface area contributed by atoms with Crippen LogP contribution >= 0.6 is 11.3 Å². The molecule has 170 valence electrons. The maximum Gasteiger partial charge on any atom is 0.243 e. The van der Waals surface area contributed by atoms with E-state index in [1.165, 1.54) is 6.07 Å². The first kappa shape index (κ1) is 23.9. The summed E-state index contributed by atoms with van der Waals surface area (Å²) in [6, 6.07) is 12.1. The van der Waals surface area contributed by atoms with Crippen molar-refractivity contribution in [1.29, 1.82) is 0 Å². The predicted molar refractivity (Wildman–Crippen MR) is 128 cm³/mol. The van der Waals surface area contributed by atoms with Crippen molar-refractivity contribution < 1.29 is 17.9 Å². The molecule has 0 unspecified atom stereocenters. The Labute approximate surface area is 193 Å². The van der Waals surface area contributed by atoms with Crippen LogP contribution in [0.25, 0.3) is 11.3 Å². The van der Waals surface area contributed by atoms with Gasteiger partial charge in [0, 0.05) is 23.2 Å². The van der Waals surface area contributed by atoms with Crippen LogP contribution in [-0.2, 0) is 14.8 Å². The molecule has 7 nitrogen and oxygen atoms in total. The number of hydrogen-bond donors (Lipinski definition) is 1. The molecule has 0 aliphatic carbocycles. The quantitative estimate of drug-likeness (QED) is 0.495. The minimum absolute atomic E-state index is 0.133. The molecule has 0 spiro atoms. The zero-order valence-electron chi connectivity index (χ0n) is 18.6. The van der Waals surface area contributed by atoms with Gasteiger partial charge < -0.3 is 10.1 Å². The Bertz CT molecular complexity index is 1210. The number of sulfonamides is 1. The summed E-state index contributed by atoms with van der Waals surface area (Å²) in [5.74, 6) is 0.229. The van der Waals surface area contributed by atoms with Gasteiger partial charge in [0.15, 0.2) is 0 Å². The number of likely N-dealkylation sites (N-methyl/N-ethyl adjacent to an activating group) is 1. The van der Waals surface area contributed by atoms with Crippen molar-refractivity contribution in [2.24, 2.45) is 0 Å². The van der Waals surface area contributed by atoms with Crippen molar-refractivity contribution in [3.8, 4) is 17.0 Å². The number of benzene rings is 2. The lowest BCUT2D eigenvalue weighted by Gasteiger charge is -2.21. The molecule has 0 fully saturated rings. The fraction of sp³-hybridized carbons (Fsp3) is 0.304. The van der Waals surface area contributed by atoms with E-state index in [4.69, 9.17) is 4.74 Å². The number of anilines is 1. The summed E-state index contributed by atoms with van der Waals surface area (Å²) in [7, 11) is -3.83. The van der Waals surface area contributed by atoms with Crippen LogP contribution in [0.3, 0.4) is 0 Å². The Morgan fingerprint density at radius 2 is 1.94 bits per heavy atom. The maximum absolute atomic E-state index is 13.1. The molecule has 32 heavy (non-hydrogen) atoms. The van der Waals surface area contributed by atoms with E-state index in [1.54, 1.807) is 43.4 Å². The average molecular weight is 474 g/mol. The zero-order valence-corrected chi connectivity index (χ0v) is 20.2. The minimum atomic E-state index is -3.83. The second kappa shape index (κ2) is 10.2. The number of carbonyl (C=O) groups excluding carboxylic acids is 1. The largest absolute Gasteiger partial charge is 0.494 e. The first-order valence-electron chi connectivity index (χ1n) is 10.3. The number of nitrogens with zero attached hydrogens (tertiary/aromatic N) is 2. The molecule has 0 bridgehead atoms. The van der Waals surface area contributed by atoms with E-state index < -0.39 is 15.9 Å². The average Bonchev–Trinajstić information content (AvgIpc) is 3.20. The molecule has 0 saturated carbocycles. The van der Waals surface area contributed by atoms with Gasteiger partial charge in [-0.3, -0.25) is 4.79 Å². The summed E-state index contributed by atoms with van der Waals surface area (Å²) >= 11 is 1.56. The van der Waals surface area contributed by atoms with E-state index in [2.05, 4.69) is 10.3 Å². The van der Waals surface area contributed by atoms with Crippen LogP contribution < -0.4 is 10.1 Å². The number of aromatic nitrogens is 1. The van der Waals surface area contributed by atoms with Crippen LogP contribution in [0.5, 0.6) is 5.75 Å². The number of amides is 1. The molecule has 1 amide bonds. The van der Waals surface area contributed by atoms with E-state index in [0.29, 0.717) is 18.0 Å². The summed E-state index contributed by atoms with van der Waals surface area (Å²) in [5.41, 5.74) is 3.04. The summed E-state index contributed by atoms with van der Waals surface area (Å²) in [6.07, 6.45) is 0. The second-order valence-corrected chi connectivity index (χ2v) is 10.2. The Hall–Kier alpha value is -2.75. The van der Waals surface area contributed by atoms with Crippen LogP contribution in [0.1, 0.15) is 24.4 Å². The van der Waals surface area contributed by atoms with Gasteiger partial charge in [-0.05, 0) is 56.7 Å². The van der Waals surface area contributed by atoms with Crippen molar-refractivity contribution in [2.75, 3.05) is 25.0 Å². The molecule has 2 aromatic carbocycles. The van der Waals surface area contributed by atoms with Gasteiger partial charge in [0.1, 0.15) is 5.75 Å². The number of thiazole rings is 1. The van der Waals surface area contributed by atoms with Crippen LogP contribution in [0, 0.1) is 13.8 Å². The van der Waals surface area contributed by atoms with E-state index in [-0.39, 0.29) is 18.0 Å². The molecule has 0 aliphatic heterocycles. The third-order valence-corrected chi connectivity index (χ3v) is 7.51. The van der Waals surface area contributed by atoms with Crippen molar-refractivity contribution in [2.45, 2.75) is 32.6 Å². The topological polar surface area (TPSA) is 88.6 Å². The summed E-state index contributed by atoms with van der Waals surface area (Å²) < 4.78 is 32.9. The van der Waals surface area contributed by atoms with Gasteiger partial charge in [-0.2, -0.15) is 4.31 Å². The molecule has 0 aliphatic rings. The fourth-order valence-electron chi connectivity index (χ4n) is 3.23. The molecule has 1 aromatic heterocycles. The first-order chi connectivity index (χ1) is 15.2. The molecule has 0 atom stereocenters. The SMILES string of the molecule is CCOc1ccc(S(=O)(=O)N(CC)CC(=O)Nc2cccc(-c3csc(C)n3)c2)cc1C. The van der Waals surface area contributed by atoms with Gasteiger partial charge in [0.2, 0.25) is 15.9 Å². The first-order valence-corrected chi connectivity index (χ1v) is 12.6. The van der Waals surface area contributed by atoms with Crippen molar-refractivity contribution >= 4 is 33.0 Å². The van der Waals surface area contributed by atoms with Crippen LogP contribution in [0.15, 0.2) is 52.7 Å². The standard InChI is InChI=1S/C23H27N3O4S2/c1-5-26(32(28,29)20-10-11-22(30-6-2)16(3)12-20)14-23(27)25-19-9-7-8-18(13-19)21-15-31-17(4)24-21/h7-13,15H,5-6,14H2,1-4H3,(H,25,27). The van der Waals surface area contributed by atoms with E-state index in [9.17, 15) is 13.2 Å². The molecule has 1 N–H and O–H groups in total. The predicted octanol–water partition coefficient (Wildman–Crippen LogP) is 4.47. The van der Waals surface area contributed by atoms with E-state index >= 15 is 0 Å². The molecular formula is C23H27N3O4S2. The van der Waals surface area contributed by atoms with Crippen molar-refractivity contribution in [1.82, 2.24) is 9.29 Å². The fourth-order valence-corrected chi connectivity index (χ4v) is 5.34. The molecule has 0 radical (unpaired) electrons. The number of carbonyl (C=O) groups is 1. The highest BCUT2D eigenvalue weighted by Crippen LogP contribution is 2.25. The molecule has 9 heteroatoms. The smallest absolute Gasteiger partial charge is 0.243 e. The summed E-state index contributed by atoms with van der Waals surface area (Å²) in [6.45, 7) is 7.69. The second-order valence-electron chi connectivity index (χ2n) is 7.17. The Kier molecular flexibility index (Phi) is 7.65. The Balaban J connectivity index is 1.74. The highest BCUT2D eigenvalue weighted by molar-refractivity contribution is 7.89. The van der Waals surface area contributed by atoms with Crippen LogP contribution in [-0.4, -0.2) is 43.3 Å². The monoisotopic (exact) mass is 473 g/mol. The Morgan fingerprint density at radius 1 is 1.16 bits per heavy atom. The number of rotatable bonds is 9. The van der Waals surface area contributed by atoms with Gasteiger partial charge in [-0.1, -0.05) is 19.1 Å². The zero-order chi connectivity index (χ0) is 23.3. The third-order valence-electron chi connectivity index (χ3n) is 4.82. The molecule has 0 saturated heterocycles. The molecule has 3 rings (SSSR count). The van der Waals surface area contributed by atoms with Crippen LogP contribution in [0.2, 0.25) is 0 Å². The third kappa shape index (κ3) is 5.53. The highest BCUT2D eigenvalue weighted by atomic mass is 32.2. The van der Waals surface area contributed by atoms with Gasteiger partial charge >= 0.3 is 0 Å². The minimum Gasteiger partial charge on any atom is -0.494 e. The van der Waals surface area contributed by atoms with Crippen molar-refractivity contribution in [3.63, 3.8) is 0 Å². The lowest BCUT2D eigenvalue weighted by atomic mass is 10.1. The Morgan fingerprint density at radius 3 is 2.56 bits per heavy atom. The number of hydrogen-bond acceptors (Lipinski definition) is 6. The van der Waals surface area contributed by atoms with Crippen LogP contribution in [0.4, 0.5) is 5.69 Å². The molecular weight excluding hydrogens is 446 g/mol. The number of ether oxygens (including phenoxy) is 1. The molecule has 1 heterocycles. The van der Waals surface area contributed by atoms with Crippen molar-refractivity contribution in [3.05, 3.63) is 58.4 Å². The normalized spacial score (nSPS) is 11.5. The molecule has 3 aromatic rings. The van der Waals surface area contributed by atoms with Gasteiger partial charge in [-0.15, -0.1) is 11.3 Å². The van der Waals surface area contributed by atoms with E-state index in [0.717, 1.165) is 26.1 Å². The summed E-state index contributed by atoms with van der Waals surface area (Å²) in [5, 5.41) is 5.71. The van der Waals surface area contributed by atoms with Gasteiger partial charge in [-0.25, -0.2) is 13.4 Å². The van der Waals surface area contributed by atoms with E-state index in [1.807, 2.05) is 37.4 Å².